The van der Waals surface area contributed by atoms with Crippen molar-refractivity contribution in [3.05, 3.63) is 72.7 Å². The van der Waals surface area contributed by atoms with Crippen molar-refractivity contribution in [3.63, 3.8) is 0 Å². The van der Waals surface area contributed by atoms with E-state index in [1.165, 1.54) is 12.1 Å². The number of ether oxygens (including phenoxy) is 1. The standard InChI is InChI=1S/C35H45FN4O4/c1-6-11-22(7-2)18-30(41)40-21-27(26-20-37-28-19-24(36)14-15-25(26)28)32-29(40)16-17-39(32)33(42)31(23-12-9-8-10-13-23)38-34(43)44-35(3,4)5/h6-7,11,14-15,19-20,23,27,29,31-32,37H,1-2,8-10,12-13,16-18,21H2,3-5H3,(H,38,43). The Morgan fingerprint density at radius 3 is 2.57 bits per heavy atom. The summed E-state index contributed by atoms with van der Waals surface area (Å²) >= 11 is 0. The van der Waals surface area contributed by atoms with Crippen molar-refractivity contribution in [1.82, 2.24) is 20.1 Å². The van der Waals surface area contributed by atoms with Crippen molar-refractivity contribution in [2.24, 2.45) is 5.92 Å². The van der Waals surface area contributed by atoms with Gasteiger partial charge < -0.3 is 24.8 Å². The van der Waals surface area contributed by atoms with Gasteiger partial charge in [-0.2, -0.15) is 0 Å². The highest BCUT2D eigenvalue weighted by atomic mass is 19.1. The van der Waals surface area contributed by atoms with Crippen LogP contribution in [0.4, 0.5) is 9.18 Å². The molecule has 1 aliphatic carbocycles. The number of hydrogen-bond acceptors (Lipinski definition) is 4. The molecule has 2 aliphatic heterocycles. The maximum absolute atomic E-state index is 14.6. The van der Waals surface area contributed by atoms with Crippen LogP contribution >= 0.6 is 0 Å². The normalized spacial score (nSPS) is 23.4. The zero-order valence-corrected chi connectivity index (χ0v) is 26.1. The first-order valence-electron chi connectivity index (χ1n) is 15.8. The second kappa shape index (κ2) is 13.0. The summed E-state index contributed by atoms with van der Waals surface area (Å²) in [6, 6.07) is 3.46. The number of H-pyrrole nitrogens is 1. The molecule has 8 nitrogen and oxygen atoms in total. The van der Waals surface area contributed by atoms with E-state index in [0.717, 1.165) is 48.6 Å². The summed E-state index contributed by atoms with van der Waals surface area (Å²) in [4.78, 5) is 48.3. The number of carbonyl (C=O) groups is 3. The van der Waals surface area contributed by atoms with Gasteiger partial charge in [-0.15, -0.1) is 0 Å². The van der Waals surface area contributed by atoms with Gasteiger partial charge in [-0.1, -0.05) is 50.6 Å². The average Bonchev–Trinajstić information content (AvgIpc) is 3.69. The van der Waals surface area contributed by atoms with Crippen molar-refractivity contribution in [2.45, 2.75) is 95.4 Å². The number of halogens is 1. The van der Waals surface area contributed by atoms with E-state index in [1.807, 2.05) is 16.0 Å². The molecule has 3 aliphatic rings. The molecule has 0 radical (unpaired) electrons. The minimum Gasteiger partial charge on any atom is -0.444 e. The van der Waals surface area contributed by atoms with E-state index in [1.54, 1.807) is 45.1 Å². The first-order valence-corrected chi connectivity index (χ1v) is 15.8. The monoisotopic (exact) mass is 604 g/mol. The highest BCUT2D eigenvalue weighted by Crippen LogP contribution is 2.44. The molecule has 3 fully saturated rings. The van der Waals surface area contributed by atoms with E-state index >= 15 is 0 Å². The Morgan fingerprint density at radius 1 is 1.14 bits per heavy atom. The molecule has 0 bridgehead atoms. The third kappa shape index (κ3) is 6.61. The number of amides is 3. The molecule has 3 heterocycles. The lowest BCUT2D eigenvalue weighted by molar-refractivity contribution is -0.137. The number of nitrogens with zero attached hydrogens (tertiary/aromatic N) is 2. The van der Waals surface area contributed by atoms with Gasteiger partial charge in [0.25, 0.3) is 0 Å². The number of carbonyl (C=O) groups excluding carboxylic acids is 3. The summed E-state index contributed by atoms with van der Waals surface area (Å²) in [6.07, 6.45) is 12.0. The Bertz CT molecular complexity index is 1450. The van der Waals surface area contributed by atoms with Gasteiger partial charge in [0, 0.05) is 36.1 Å². The summed E-state index contributed by atoms with van der Waals surface area (Å²) in [5.74, 6) is -0.682. The first-order chi connectivity index (χ1) is 21.0. The fraction of sp³-hybridized carbons (Fsp3) is 0.514. The molecule has 236 valence electrons. The fourth-order valence-corrected chi connectivity index (χ4v) is 7.42. The maximum atomic E-state index is 14.6. The summed E-state index contributed by atoms with van der Waals surface area (Å²) in [6.45, 7) is 13.9. The van der Waals surface area contributed by atoms with Crippen molar-refractivity contribution in [3.8, 4) is 0 Å². The molecule has 1 aromatic heterocycles. The van der Waals surface area contributed by atoms with Crippen LogP contribution in [0.25, 0.3) is 10.9 Å². The third-order valence-electron chi connectivity index (χ3n) is 9.31. The van der Waals surface area contributed by atoms with Crippen molar-refractivity contribution < 1.29 is 23.5 Å². The van der Waals surface area contributed by atoms with Crippen LogP contribution < -0.4 is 5.32 Å². The molecule has 9 heteroatoms. The number of hydrogen-bond donors (Lipinski definition) is 2. The SMILES string of the molecule is C=CC=C(C=C)CC(=O)N1CC(c2c[nH]c3cc(F)ccc23)C2C1CCN2C(=O)C(NC(=O)OC(C)(C)C)C1CCCCC1. The van der Waals surface area contributed by atoms with Gasteiger partial charge in [0.05, 0.1) is 18.5 Å². The van der Waals surface area contributed by atoms with E-state index in [2.05, 4.69) is 23.5 Å². The summed E-state index contributed by atoms with van der Waals surface area (Å²) in [5.41, 5.74) is 1.70. The molecule has 4 atom stereocenters. The Balaban J connectivity index is 1.49. The predicted octanol–water partition coefficient (Wildman–Crippen LogP) is 6.36. The molecule has 0 spiro atoms. The van der Waals surface area contributed by atoms with Crippen LogP contribution in [0.3, 0.4) is 0 Å². The van der Waals surface area contributed by atoms with E-state index in [-0.39, 0.29) is 48.0 Å². The largest absolute Gasteiger partial charge is 0.444 e. The Labute approximate surface area is 259 Å². The lowest BCUT2D eigenvalue weighted by Crippen LogP contribution is -2.55. The number of alkyl carbamates (subject to hydrolysis) is 1. The van der Waals surface area contributed by atoms with Crippen LogP contribution in [-0.2, 0) is 14.3 Å². The van der Waals surface area contributed by atoms with Gasteiger partial charge in [0.15, 0.2) is 0 Å². The topological polar surface area (TPSA) is 94.7 Å². The molecule has 2 N–H and O–H groups in total. The molecule has 3 amide bonds. The van der Waals surface area contributed by atoms with Crippen molar-refractivity contribution >= 4 is 28.8 Å². The van der Waals surface area contributed by atoms with Crippen LogP contribution in [0.2, 0.25) is 0 Å². The molecule has 2 aromatic rings. The molecule has 1 saturated carbocycles. The molecular formula is C35H45FN4O4. The zero-order valence-electron chi connectivity index (χ0n) is 26.1. The first kappa shape index (κ1) is 31.5. The maximum Gasteiger partial charge on any atom is 0.408 e. The van der Waals surface area contributed by atoms with Crippen LogP contribution in [0.1, 0.15) is 77.2 Å². The van der Waals surface area contributed by atoms with Gasteiger partial charge in [0.2, 0.25) is 11.8 Å². The molecular weight excluding hydrogens is 559 g/mol. The minimum absolute atomic E-state index is 0.00987. The van der Waals surface area contributed by atoms with Gasteiger partial charge in [0.1, 0.15) is 17.5 Å². The number of aromatic nitrogens is 1. The van der Waals surface area contributed by atoms with Crippen LogP contribution in [0, 0.1) is 11.7 Å². The number of benzene rings is 1. The second-order valence-corrected chi connectivity index (χ2v) is 13.3. The Kier molecular flexibility index (Phi) is 9.32. The minimum atomic E-state index is -0.714. The van der Waals surface area contributed by atoms with Gasteiger partial charge in [-0.05, 0) is 75.3 Å². The van der Waals surface area contributed by atoms with Crippen molar-refractivity contribution in [2.75, 3.05) is 13.1 Å². The lowest BCUT2D eigenvalue weighted by atomic mass is 9.83. The number of likely N-dealkylation sites (tertiary alicyclic amines) is 2. The molecule has 5 rings (SSSR count). The summed E-state index contributed by atoms with van der Waals surface area (Å²) in [7, 11) is 0. The van der Waals surface area contributed by atoms with Gasteiger partial charge >= 0.3 is 6.09 Å². The average molecular weight is 605 g/mol. The number of allylic oxidation sites excluding steroid dienone is 3. The Morgan fingerprint density at radius 2 is 1.89 bits per heavy atom. The second-order valence-electron chi connectivity index (χ2n) is 13.3. The summed E-state index contributed by atoms with van der Waals surface area (Å²) < 4.78 is 19.7. The molecule has 4 unspecified atom stereocenters. The smallest absolute Gasteiger partial charge is 0.408 e. The fourth-order valence-electron chi connectivity index (χ4n) is 7.42. The van der Waals surface area contributed by atoms with E-state index < -0.39 is 17.7 Å². The van der Waals surface area contributed by atoms with E-state index in [0.29, 0.717) is 25.0 Å². The molecule has 44 heavy (non-hydrogen) atoms. The summed E-state index contributed by atoms with van der Waals surface area (Å²) in [5, 5.41) is 3.83. The number of rotatable bonds is 8. The van der Waals surface area contributed by atoms with Gasteiger partial charge in [-0.25, -0.2) is 9.18 Å². The predicted molar refractivity (Wildman–Crippen MR) is 169 cm³/mol. The quantitative estimate of drug-likeness (QED) is 0.343. The number of fused-ring (bicyclic) bond motifs is 2. The van der Waals surface area contributed by atoms with Crippen LogP contribution in [0.5, 0.6) is 0 Å². The van der Waals surface area contributed by atoms with Crippen LogP contribution in [-0.4, -0.2) is 69.5 Å². The Hall–Kier alpha value is -3.88. The van der Waals surface area contributed by atoms with E-state index in [4.69, 9.17) is 4.74 Å². The third-order valence-corrected chi connectivity index (χ3v) is 9.31. The van der Waals surface area contributed by atoms with Gasteiger partial charge in [-0.3, -0.25) is 9.59 Å². The molecule has 1 aromatic carbocycles. The van der Waals surface area contributed by atoms with Crippen LogP contribution in [0.15, 0.2) is 61.4 Å². The van der Waals surface area contributed by atoms with Crippen molar-refractivity contribution in [1.29, 1.82) is 0 Å². The highest BCUT2D eigenvalue weighted by Gasteiger charge is 2.53. The zero-order chi connectivity index (χ0) is 31.6. The highest BCUT2D eigenvalue weighted by molar-refractivity contribution is 5.89. The lowest BCUT2D eigenvalue weighted by Gasteiger charge is -2.36. The molecule has 2 saturated heterocycles. The number of aromatic amines is 1. The van der Waals surface area contributed by atoms with E-state index in [9.17, 15) is 18.8 Å². The number of nitrogens with one attached hydrogen (secondary N) is 2.